The van der Waals surface area contributed by atoms with Gasteiger partial charge in [-0.15, -0.1) is 11.8 Å². The van der Waals surface area contributed by atoms with Crippen LogP contribution in [0.4, 0.5) is 0 Å². The highest BCUT2D eigenvalue weighted by molar-refractivity contribution is 7.99. The van der Waals surface area contributed by atoms with Crippen molar-refractivity contribution in [3.8, 4) is 17.1 Å². The third kappa shape index (κ3) is 4.55. The van der Waals surface area contributed by atoms with Crippen molar-refractivity contribution in [2.45, 2.75) is 44.4 Å². The van der Waals surface area contributed by atoms with Gasteiger partial charge in [0.05, 0.1) is 31.6 Å². The molecule has 0 saturated heterocycles. The van der Waals surface area contributed by atoms with Crippen molar-refractivity contribution in [2.75, 3.05) is 26.1 Å². The molecule has 0 atom stereocenters. The number of thioether (sulfide) groups is 1. The molecule has 0 radical (unpaired) electrons. The third-order valence-corrected chi connectivity index (χ3v) is 5.24. The lowest BCUT2D eigenvalue weighted by atomic mass is 9.96. The van der Waals surface area contributed by atoms with Crippen molar-refractivity contribution < 1.29 is 14.2 Å². The predicted molar refractivity (Wildman–Crippen MR) is 104 cm³/mol. The molecule has 1 aromatic heterocycles. The normalized spacial score (nSPS) is 15.5. The van der Waals surface area contributed by atoms with Gasteiger partial charge >= 0.3 is 0 Å². The standard InChI is InChI=1S/C20H26N2O3S/c1-5-24-9-10-26-19-16-13-25-20(2,3)12-17(16)21-18(22-19)14-7-6-8-15(11-14)23-4/h6-8,11H,5,9-10,12-13H2,1-4H3. The van der Waals surface area contributed by atoms with Crippen molar-refractivity contribution in [1.29, 1.82) is 0 Å². The number of ether oxygens (including phenoxy) is 3. The van der Waals surface area contributed by atoms with Gasteiger partial charge in [0.1, 0.15) is 10.8 Å². The van der Waals surface area contributed by atoms with Crippen LogP contribution in [0, 0.1) is 0 Å². The van der Waals surface area contributed by atoms with Crippen LogP contribution in [0.15, 0.2) is 29.3 Å². The fourth-order valence-corrected chi connectivity index (χ4v) is 3.77. The van der Waals surface area contributed by atoms with Crippen LogP contribution >= 0.6 is 11.8 Å². The minimum Gasteiger partial charge on any atom is -0.497 e. The van der Waals surface area contributed by atoms with E-state index in [0.29, 0.717) is 13.2 Å². The summed E-state index contributed by atoms with van der Waals surface area (Å²) < 4.78 is 16.8. The number of rotatable bonds is 7. The zero-order chi connectivity index (χ0) is 18.6. The average molecular weight is 375 g/mol. The summed E-state index contributed by atoms with van der Waals surface area (Å²) in [7, 11) is 1.67. The van der Waals surface area contributed by atoms with Crippen molar-refractivity contribution in [2.24, 2.45) is 0 Å². The molecule has 1 aliphatic heterocycles. The van der Waals surface area contributed by atoms with E-state index in [-0.39, 0.29) is 5.60 Å². The first-order valence-corrected chi connectivity index (χ1v) is 9.89. The van der Waals surface area contributed by atoms with Crippen LogP contribution in [0.2, 0.25) is 0 Å². The molecule has 0 N–H and O–H groups in total. The first kappa shape index (κ1) is 19.1. The van der Waals surface area contributed by atoms with E-state index in [9.17, 15) is 0 Å². The van der Waals surface area contributed by atoms with Gasteiger partial charge in [0.2, 0.25) is 0 Å². The molecule has 2 heterocycles. The van der Waals surface area contributed by atoms with E-state index in [1.165, 1.54) is 0 Å². The molecule has 26 heavy (non-hydrogen) atoms. The van der Waals surface area contributed by atoms with Gasteiger partial charge in [0, 0.05) is 29.9 Å². The van der Waals surface area contributed by atoms with Crippen LogP contribution in [0.1, 0.15) is 32.0 Å². The maximum absolute atomic E-state index is 6.00. The molecule has 0 bridgehead atoms. The van der Waals surface area contributed by atoms with E-state index < -0.39 is 0 Å². The molecule has 3 rings (SSSR count). The Kier molecular flexibility index (Phi) is 6.16. The number of aromatic nitrogens is 2. The van der Waals surface area contributed by atoms with E-state index in [1.807, 2.05) is 31.2 Å². The van der Waals surface area contributed by atoms with Crippen molar-refractivity contribution in [1.82, 2.24) is 9.97 Å². The monoisotopic (exact) mass is 374 g/mol. The Morgan fingerprint density at radius 2 is 2.12 bits per heavy atom. The van der Waals surface area contributed by atoms with E-state index in [2.05, 4.69) is 13.8 Å². The second-order valence-electron chi connectivity index (χ2n) is 6.78. The summed E-state index contributed by atoms with van der Waals surface area (Å²) in [6.07, 6.45) is 0.779. The second kappa shape index (κ2) is 8.37. The fraction of sp³-hybridized carbons (Fsp3) is 0.500. The van der Waals surface area contributed by atoms with Crippen LogP contribution in [0.25, 0.3) is 11.4 Å². The molecule has 0 spiro atoms. The molecule has 1 aliphatic rings. The lowest BCUT2D eigenvalue weighted by molar-refractivity contribution is -0.0428. The molecule has 0 saturated carbocycles. The molecule has 6 heteroatoms. The van der Waals surface area contributed by atoms with Crippen molar-refractivity contribution >= 4 is 11.8 Å². The SMILES string of the molecule is CCOCCSc1nc(-c2cccc(OC)c2)nc2c1COC(C)(C)C2. The van der Waals surface area contributed by atoms with Crippen LogP contribution in [0.3, 0.4) is 0 Å². The van der Waals surface area contributed by atoms with Crippen LogP contribution in [-0.4, -0.2) is 41.6 Å². The molecule has 140 valence electrons. The lowest BCUT2D eigenvalue weighted by Gasteiger charge is -2.32. The van der Waals surface area contributed by atoms with E-state index in [1.54, 1.807) is 18.9 Å². The maximum Gasteiger partial charge on any atom is 0.160 e. The molecule has 0 aliphatic carbocycles. The summed E-state index contributed by atoms with van der Waals surface area (Å²) in [4.78, 5) is 9.71. The van der Waals surface area contributed by atoms with Crippen molar-refractivity contribution in [3.05, 3.63) is 35.5 Å². The van der Waals surface area contributed by atoms with Gasteiger partial charge in [-0.05, 0) is 32.9 Å². The number of nitrogens with zero attached hydrogens (tertiary/aromatic N) is 2. The summed E-state index contributed by atoms with van der Waals surface area (Å²) in [6.45, 7) is 8.21. The van der Waals surface area contributed by atoms with E-state index in [4.69, 9.17) is 24.2 Å². The maximum atomic E-state index is 6.00. The van der Waals surface area contributed by atoms with Crippen LogP contribution < -0.4 is 4.74 Å². The zero-order valence-corrected chi connectivity index (χ0v) is 16.7. The minimum absolute atomic E-state index is 0.208. The average Bonchev–Trinajstić information content (AvgIpc) is 2.64. The highest BCUT2D eigenvalue weighted by Crippen LogP contribution is 2.34. The lowest BCUT2D eigenvalue weighted by Crippen LogP contribution is -2.33. The molecule has 0 fully saturated rings. The molecular weight excluding hydrogens is 348 g/mol. The molecule has 1 aromatic carbocycles. The molecule has 2 aromatic rings. The summed E-state index contributed by atoms with van der Waals surface area (Å²) >= 11 is 1.71. The molecular formula is C20H26N2O3S. The number of fused-ring (bicyclic) bond motifs is 1. The smallest absolute Gasteiger partial charge is 0.160 e. The number of benzene rings is 1. The Hall–Kier alpha value is -1.63. The van der Waals surface area contributed by atoms with E-state index >= 15 is 0 Å². The summed E-state index contributed by atoms with van der Waals surface area (Å²) in [5.74, 6) is 2.40. The molecule has 5 nitrogen and oxygen atoms in total. The summed E-state index contributed by atoms with van der Waals surface area (Å²) in [5, 5.41) is 0.989. The predicted octanol–water partition coefficient (Wildman–Crippen LogP) is 4.13. The van der Waals surface area contributed by atoms with Crippen molar-refractivity contribution in [3.63, 3.8) is 0 Å². The van der Waals surface area contributed by atoms with Gasteiger partial charge < -0.3 is 14.2 Å². The Morgan fingerprint density at radius 1 is 1.27 bits per heavy atom. The molecule has 0 unspecified atom stereocenters. The van der Waals surface area contributed by atoms with Gasteiger partial charge in [-0.1, -0.05) is 12.1 Å². The first-order valence-electron chi connectivity index (χ1n) is 8.91. The van der Waals surface area contributed by atoms with E-state index in [0.717, 1.165) is 52.2 Å². The number of methoxy groups -OCH3 is 1. The highest BCUT2D eigenvalue weighted by atomic mass is 32.2. The zero-order valence-electron chi connectivity index (χ0n) is 15.9. The fourth-order valence-electron chi connectivity index (χ4n) is 2.87. The number of hydrogen-bond donors (Lipinski definition) is 0. The Labute approximate surface area is 159 Å². The Bertz CT molecular complexity index is 765. The van der Waals surface area contributed by atoms with Gasteiger partial charge in [-0.25, -0.2) is 9.97 Å². The largest absolute Gasteiger partial charge is 0.497 e. The Morgan fingerprint density at radius 3 is 2.88 bits per heavy atom. The summed E-state index contributed by atoms with van der Waals surface area (Å²) in [5.41, 5.74) is 2.94. The first-order chi connectivity index (χ1) is 12.5. The highest BCUT2D eigenvalue weighted by Gasteiger charge is 2.30. The van der Waals surface area contributed by atoms with Crippen LogP contribution in [-0.2, 0) is 22.5 Å². The number of hydrogen-bond acceptors (Lipinski definition) is 6. The van der Waals surface area contributed by atoms with Gasteiger partial charge in [0.25, 0.3) is 0 Å². The topological polar surface area (TPSA) is 53.5 Å². The van der Waals surface area contributed by atoms with Gasteiger partial charge in [-0.2, -0.15) is 0 Å². The Balaban J connectivity index is 1.96. The second-order valence-corrected chi connectivity index (χ2v) is 7.86. The molecule has 0 amide bonds. The van der Waals surface area contributed by atoms with Crippen LogP contribution in [0.5, 0.6) is 5.75 Å². The van der Waals surface area contributed by atoms with Gasteiger partial charge in [-0.3, -0.25) is 0 Å². The van der Waals surface area contributed by atoms with Gasteiger partial charge in [0.15, 0.2) is 5.82 Å². The third-order valence-electron chi connectivity index (χ3n) is 4.25. The summed E-state index contributed by atoms with van der Waals surface area (Å²) in [6, 6.07) is 7.88. The minimum atomic E-state index is -0.208. The quantitative estimate of drug-likeness (QED) is 0.413.